The summed E-state index contributed by atoms with van der Waals surface area (Å²) >= 11 is 1.25. The number of nitrogens with zero attached hydrogens (tertiary/aromatic N) is 1. The summed E-state index contributed by atoms with van der Waals surface area (Å²) in [5.74, 6) is -0.556. The van der Waals surface area contributed by atoms with Gasteiger partial charge in [0.05, 0.1) is 19.3 Å². The van der Waals surface area contributed by atoms with Crippen molar-refractivity contribution >= 4 is 41.3 Å². The van der Waals surface area contributed by atoms with Crippen molar-refractivity contribution in [2.45, 2.75) is 6.04 Å². The minimum Gasteiger partial charge on any atom is -0.465 e. The third kappa shape index (κ3) is 3.92. The number of ether oxygens (including phenoxy) is 1. The topological polar surface area (TPSA) is 70.7 Å². The Morgan fingerprint density at radius 2 is 2.25 bits per heavy atom. The van der Waals surface area contributed by atoms with Crippen molar-refractivity contribution in [3.8, 4) is 0 Å². The Labute approximate surface area is 127 Å². The number of halogens is 1. The van der Waals surface area contributed by atoms with E-state index < -0.39 is 5.97 Å². The highest BCUT2D eigenvalue weighted by Gasteiger charge is 2.23. The molecular formula is C12H18ClN3O3S. The number of anilines is 1. The van der Waals surface area contributed by atoms with Crippen LogP contribution in [-0.2, 0) is 9.53 Å². The number of rotatable bonds is 5. The highest BCUT2D eigenvalue weighted by Crippen LogP contribution is 2.23. The standard InChI is InChI=1S/C12H17N3O3S.ClH/c1-15(8-5-13-6-8)7-10(16)14-9-3-4-19-11(9)12(17)18-2;/h3-4,8,13H,5-7H2,1-2H3,(H,14,16);1H. The van der Waals surface area contributed by atoms with E-state index in [0.717, 1.165) is 13.1 Å². The summed E-state index contributed by atoms with van der Waals surface area (Å²) < 4.78 is 4.66. The van der Waals surface area contributed by atoms with Crippen LogP contribution < -0.4 is 10.6 Å². The van der Waals surface area contributed by atoms with Gasteiger partial charge in [-0.15, -0.1) is 23.7 Å². The second-order valence-corrected chi connectivity index (χ2v) is 5.35. The van der Waals surface area contributed by atoms with Gasteiger partial charge in [0.25, 0.3) is 0 Å². The number of thiophene rings is 1. The molecule has 2 rings (SSSR count). The lowest BCUT2D eigenvalue weighted by Crippen LogP contribution is -2.57. The number of carbonyl (C=O) groups is 2. The lowest BCUT2D eigenvalue weighted by atomic mass is 10.1. The molecule has 1 aromatic heterocycles. The fourth-order valence-electron chi connectivity index (χ4n) is 1.79. The van der Waals surface area contributed by atoms with Crippen LogP contribution in [-0.4, -0.2) is 56.6 Å². The monoisotopic (exact) mass is 319 g/mol. The molecule has 0 unspecified atom stereocenters. The lowest BCUT2D eigenvalue weighted by molar-refractivity contribution is -0.117. The maximum absolute atomic E-state index is 11.9. The van der Waals surface area contributed by atoms with Gasteiger partial charge in [-0.05, 0) is 18.5 Å². The average molecular weight is 320 g/mol. The van der Waals surface area contributed by atoms with E-state index >= 15 is 0 Å². The van der Waals surface area contributed by atoms with Crippen LogP contribution in [0.4, 0.5) is 5.69 Å². The predicted octanol–water partition coefficient (Wildman–Crippen LogP) is 0.799. The molecule has 1 fully saturated rings. The summed E-state index contributed by atoms with van der Waals surface area (Å²) in [6, 6.07) is 2.12. The third-order valence-electron chi connectivity index (χ3n) is 3.09. The van der Waals surface area contributed by atoms with Crippen LogP contribution in [0.5, 0.6) is 0 Å². The van der Waals surface area contributed by atoms with Crippen molar-refractivity contribution in [1.29, 1.82) is 0 Å². The van der Waals surface area contributed by atoms with E-state index in [1.54, 1.807) is 11.4 Å². The van der Waals surface area contributed by atoms with E-state index in [1.165, 1.54) is 18.4 Å². The molecule has 112 valence electrons. The summed E-state index contributed by atoms with van der Waals surface area (Å²) in [7, 11) is 3.24. The second-order valence-electron chi connectivity index (χ2n) is 4.43. The molecule has 8 heteroatoms. The van der Waals surface area contributed by atoms with Crippen LogP contribution in [0.15, 0.2) is 11.4 Å². The summed E-state index contributed by atoms with van der Waals surface area (Å²) in [5.41, 5.74) is 0.516. The first-order chi connectivity index (χ1) is 9.11. The summed E-state index contributed by atoms with van der Waals surface area (Å²) in [4.78, 5) is 25.8. The quantitative estimate of drug-likeness (QED) is 0.786. The minimum atomic E-state index is -0.429. The van der Waals surface area contributed by atoms with Crippen LogP contribution in [0, 0.1) is 0 Å². The van der Waals surface area contributed by atoms with Crippen molar-refractivity contribution < 1.29 is 14.3 Å². The van der Waals surface area contributed by atoms with Gasteiger partial charge >= 0.3 is 5.97 Å². The minimum absolute atomic E-state index is 0. The number of hydrogen-bond acceptors (Lipinski definition) is 6. The van der Waals surface area contributed by atoms with Gasteiger partial charge in [0.1, 0.15) is 4.88 Å². The molecule has 0 atom stereocenters. The van der Waals surface area contributed by atoms with Gasteiger partial charge in [-0.2, -0.15) is 0 Å². The molecule has 0 aromatic carbocycles. The molecular weight excluding hydrogens is 302 g/mol. The molecule has 1 aliphatic heterocycles. The molecule has 0 aliphatic carbocycles. The SMILES string of the molecule is COC(=O)c1sccc1NC(=O)CN(C)C1CNC1.Cl. The number of esters is 1. The highest BCUT2D eigenvalue weighted by molar-refractivity contribution is 7.12. The molecule has 1 amide bonds. The fourth-order valence-corrected chi connectivity index (χ4v) is 2.55. The number of amides is 1. The van der Waals surface area contributed by atoms with E-state index in [-0.39, 0.29) is 18.3 Å². The van der Waals surface area contributed by atoms with Gasteiger partial charge in [-0.1, -0.05) is 0 Å². The molecule has 0 bridgehead atoms. The molecule has 1 aliphatic rings. The van der Waals surface area contributed by atoms with Gasteiger partial charge in [-0.25, -0.2) is 4.79 Å². The largest absolute Gasteiger partial charge is 0.465 e. The summed E-state index contributed by atoms with van der Waals surface area (Å²) in [6.07, 6.45) is 0. The third-order valence-corrected chi connectivity index (χ3v) is 3.98. The van der Waals surface area contributed by atoms with Crippen LogP contribution >= 0.6 is 23.7 Å². The highest BCUT2D eigenvalue weighted by atomic mass is 35.5. The zero-order valence-electron chi connectivity index (χ0n) is 11.3. The number of nitrogens with one attached hydrogen (secondary N) is 2. The van der Waals surface area contributed by atoms with E-state index in [2.05, 4.69) is 15.4 Å². The second kappa shape index (κ2) is 7.58. The predicted molar refractivity (Wildman–Crippen MR) is 80.8 cm³/mol. The van der Waals surface area contributed by atoms with Crippen LogP contribution in [0.1, 0.15) is 9.67 Å². The van der Waals surface area contributed by atoms with E-state index in [9.17, 15) is 9.59 Å². The van der Waals surface area contributed by atoms with Crippen molar-refractivity contribution in [2.75, 3.05) is 39.1 Å². The van der Waals surface area contributed by atoms with Gasteiger partial charge in [0.15, 0.2) is 0 Å². The molecule has 0 spiro atoms. The van der Waals surface area contributed by atoms with Crippen molar-refractivity contribution in [3.05, 3.63) is 16.3 Å². The Balaban J connectivity index is 0.00000200. The van der Waals surface area contributed by atoms with Gasteiger partial charge in [0.2, 0.25) is 5.91 Å². The number of likely N-dealkylation sites (N-methyl/N-ethyl adjacent to an activating group) is 1. The van der Waals surface area contributed by atoms with E-state index in [4.69, 9.17) is 0 Å². The smallest absolute Gasteiger partial charge is 0.350 e. The van der Waals surface area contributed by atoms with Crippen LogP contribution in [0.2, 0.25) is 0 Å². The van der Waals surface area contributed by atoms with Crippen LogP contribution in [0.25, 0.3) is 0 Å². The maximum Gasteiger partial charge on any atom is 0.350 e. The Morgan fingerprint density at radius 3 is 2.80 bits per heavy atom. The molecule has 0 saturated carbocycles. The van der Waals surface area contributed by atoms with E-state index in [1.807, 2.05) is 11.9 Å². The zero-order valence-corrected chi connectivity index (χ0v) is 13.0. The molecule has 1 saturated heterocycles. The molecule has 0 radical (unpaired) electrons. The van der Waals surface area contributed by atoms with Crippen molar-refractivity contribution in [1.82, 2.24) is 10.2 Å². The Bertz CT molecular complexity index is 476. The van der Waals surface area contributed by atoms with Crippen molar-refractivity contribution in [2.24, 2.45) is 0 Å². The molecule has 6 nitrogen and oxygen atoms in total. The molecule has 2 N–H and O–H groups in total. The zero-order chi connectivity index (χ0) is 13.8. The Hall–Kier alpha value is -1.15. The first-order valence-corrected chi connectivity index (χ1v) is 6.86. The average Bonchev–Trinajstić information content (AvgIpc) is 2.73. The lowest BCUT2D eigenvalue weighted by Gasteiger charge is -2.35. The first kappa shape index (κ1) is 16.9. The van der Waals surface area contributed by atoms with Gasteiger partial charge in [-0.3, -0.25) is 9.69 Å². The summed E-state index contributed by atoms with van der Waals surface area (Å²) in [6.45, 7) is 2.13. The number of hydrogen-bond donors (Lipinski definition) is 2. The first-order valence-electron chi connectivity index (χ1n) is 5.98. The van der Waals surface area contributed by atoms with Crippen LogP contribution in [0.3, 0.4) is 0 Å². The normalized spacial score (nSPS) is 14.3. The molecule has 1 aromatic rings. The molecule has 2 heterocycles. The Morgan fingerprint density at radius 1 is 1.55 bits per heavy atom. The number of carbonyl (C=O) groups excluding carboxylic acids is 2. The van der Waals surface area contributed by atoms with Gasteiger partial charge < -0.3 is 15.4 Å². The summed E-state index contributed by atoms with van der Waals surface area (Å²) in [5, 5.41) is 7.66. The molecule has 20 heavy (non-hydrogen) atoms. The Kier molecular flexibility index (Phi) is 6.41. The fraction of sp³-hybridized carbons (Fsp3) is 0.500. The maximum atomic E-state index is 11.9. The van der Waals surface area contributed by atoms with Gasteiger partial charge in [0, 0.05) is 19.1 Å². The van der Waals surface area contributed by atoms with E-state index in [0.29, 0.717) is 23.2 Å². The number of methoxy groups -OCH3 is 1. The van der Waals surface area contributed by atoms with Crippen molar-refractivity contribution in [3.63, 3.8) is 0 Å².